The number of nitrogens with one attached hydrogen (secondary N) is 1. The monoisotopic (exact) mass is 302 g/mol. The summed E-state index contributed by atoms with van der Waals surface area (Å²) in [6.07, 6.45) is 0. The van der Waals surface area contributed by atoms with Crippen LogP contribution in [-0.4, -0.2) is 23.4 Å². The van der Waals surface area contributed by atoms with Gasteiger partial charge in [-0.15, -0.1) is 11.3 Å². The third-order valence-corrected chi connectivity index (χ3v) is 4.04. The lowest BCUT2D eigenvalue weighted by molar-refractivity contribution is -0.125. The Labute approximate surface area is 106 Å². The van der Waals surface area contributed by atoms with E-state index in [1.54, 1.807) is 16.2 Å². The Morgan fingerprint density at radius 3 is 2.94 bits per heavy atom. The van der Waals surface area contributed by atoms with Crippen LogP contribution in [0.4, 0.5) is 4.79 Å². The molecule has 0 bridgehead atoms. The van der Waals surface area contributed by atoms with Gasteiger partial charge in [-0.3, -0.25) is 10.1 Å². The van der Waals surface area contributed by atoms with E-state index in [2.05, 4.69) is 21.2 Å². The highest BCUT2D eigenvalue weighted by Crippen LogP contribution is 2.24. The molecule has 6 heteroatoms. The summed E-state index contributed by atoms with van der Waals surface area (Å²) in [7, 11) is 0. The quantitative estimate of drug-likeness (QED) is 0.910. The second-order valence-electron chi connectivity index (χ2n) is 3.78. The van der Waals surface area contributed by atoms with Crippen LogP contribution in [0.2, 0.25) is 0 Å². The lowest BCUT2D eigenvalue weighted by Gasteiger charge is -2.29. The average molecular weight is 303 g/mol. The molecule has 0 aliphatic carbocycles. The molecule has 1 atom stereocenters. The first kappa shape index (κ1) is 11.6. The van der Waals surface area contributed by atoms with Crippen LogP contribution in [0.15, 0.2) is 15.9 Å². The number of thiophene rings is 1. The van der Waals surface area contributed by atoms with Gasteiger partial charge in [0, 0.05) is 11.4 Å². The van der Waals surface area contributed by atoms with E-state index in [1.165, 1.54) is 0 Å². The number of carbonyl (C=O) groups is 2. The highest BCUT2D eigenvalue weighted by molar-refractivity contribution is 9.11. The zero-order valence-electron chi connectivity index (χ0n) is 8.70. The van der Waals surface area contributed by atoms with Crippen molar-refractivity contribution in [3.8, 4) is 0 Å². The van der Waals surface area contributed by atoms with Crippen molar-refractivity contribution in [1.29, 1.82) is 0 Å². The molecule has 1 aliphatic rings. The third kappa shape index (κ3) is 2.44. The molecule has 1 aliphatic heterocycles. The third-order valence-electron chi connectivity index (χ3n) is 2.43. The van der Waals surface area contributed by atoms with Crippen LogP contribution in [0.3, 0.4) is 0 Å². The maximum absolute atomic E-state index is 11.5. The predicted octanol–water partition coefficient (Wildman–Crippen LogP) is 2.20. The molecule has 4 nitrogen and oxygen atoms in total. The molecule has 0 spiro atoms. The fourth-order valence-electron chi connectivity index (χ4n) is 1.57. The highest BCUT2D eigenvalue weighted by atomic mass is 79.9. The van der Waals surface area contributed by atoms with Crippen LogP contribution in [0.5, 0.6) is 0 Å². The molecule has 16 heavy (non-hydrogen) atoms. The van der Waals surface area contributed by atoms with E-state index in [0.717, 1.165) is 8.66 Å². The number of urea groups is 1. The molecule has 0 aromatic carbocycles. The van der Waals surface area contributed by atoms with Crippen molar-refractivity contribution in [2.24, 2.45) is 5.92 Å². The number of halogens is 1. The van der Waals surface area contributed by atoms with Crippen LogP contribution in [-0.2, 0) is 11.3 Å². The second kappa shape index (κ2) is 4.55. The van der Waals surface area contributed by atoms with E-state index < -0.39 is 0 Å². The number of rotatable bonds is 2. The Bertz CT molecular complexity index is 432. The summed E-state index contributed by atoms with van der Waals surface area (Å²) in [4.78, 5) is 25.5. The Balaban J connectivity index is 2.04. The average Bonchev–Trinajstić information content (AvgIpc) is 2.60. The van der Waals surface area contributed by atoms with Gasteiger partial charge in [0.05, 0.1) is 16.2 Å². The normalized spacial score (nSPS) is 21.1. The first-order chi connectivity index (χ1) is 7.56. The van der Waals surface area contributed by atoms with Gasteiger partial charge in [0.15, 0.2) is 0 Å². The lowest BCUT2D eigenvalue weighted by Crippen LogP contribution is -2.53. The second-order valence-corrected chi connectivity index (χ2v) is 6.33. The number of carbonyl (C=O) groups excluding carboxylic acids is 2. The molecule has 0 radical (unpaired) electrons. The molecule has 1 saturated heterocycles. The molecule has 1 aromatic heterocycles. The van der Waals surface area contributed by atoms with Crippen molar-refractivity contribution in [3.63, 3.8) is 0 Å². The minimum absolute atomic E-state index is 0.138. The fraction of sp³-hybridized carbons (Fsp3) is 0.400. The SMILES string of the molecule is CC1CN(Cc2ccc(Br)s2)C(=O)NC1=O. The van der Waals surface area contributed by atoms with Gasteiger partial charge >= 0.3 is 6.03 Å². The van der Waals surface area contributed by atoms with Gasteiger partial charge in [-0.25, -0.2) is 4.79 Å². The molecular formula is C10H11BrN2O2S. The fourth-order valence-corrected chi connectivity index (χ4v) is 3.06. The standard InChI is InChI=1S/C10H11BrN2O2S/c1-6-4-13(10(15)12-9(6)14)5-7-2-3-8(11)16-7/h2-3,6H,4-5H2,1H3,(H,12,14,15). The lowest BCUT2D eigenvalue weighted by atomic mass is 10.1. The summed E-state index contributed by atoms with van der Waals surface area (Å²) in [6.45, 7) is 2.86. The van der Waals surface area contributed by atoms with E-state index in [9.17, 15) is 9.59 Å². The molecule has 0 saturated carbocycles. The van der Waals surface area contributed by atoms with Gasteiger partial charge in [0.2, 0.25) is 5.91 Å². The Kier molecular flexibility index (Phi) is 3.30. The van der Waals surface area contributed by atoms with Gasteiger partial charge in [-0.2, -0.15) is 0 Å². The molecular weight excluding hydrogens is 292 g/mol. The van der Waals surface area contributed by atoms with Crippen molar-refractivity contribution in [2.45, 2.75) is 13.5 Å². The van der Waals surface area contributed by atoms with E-state index >= 15 is 0 Å². The molecule has 1 fully saturated rings. The summed E-state index contributed by atoms with van der Waals surface area (Å²) in [6, 6.07) is 3.63. The zero-order chi connectivity index (χ0) is 11.7. The molecule has 2 rings (SSSR count). The van der Waals surface area contributed by atoms with Crippen molar-refractivity contribution in [1.82, 2.24) is 10.2 Å². The number of amides is 3. The number of hydrogen-bond acceptors (Lipinski definition) is 3. The number of hydrogen-bond donors (Lipinski definition) is 1. The van der Waals surface area contributed by atoms with E-state index in [4.69, 9.17) is 0 Å². The smallest absolute Gasteiger partial charge is 0.319 e. The molecule has 1 unspecified atom stereocenters. The molecule has 1 aromatic rings. The largest absolute Gasteiger partial charge is 0.324 e. The Morgan fingerprint density at radius 1 is 1.56 bits per heavy atom. The van der Waals surface area contributed by atoms with E-state index in [0.29, 0.717) is 13.1 Å². The zero-order valence-corrected chi connectivity index (χ0v) is 11.1. The van der Waals surface area contributed by atoms with Crippen molar-refractivity contribution in [3.05, 3.63) is 20.8 Å². The molecule has 2 heterocycles. The van der Waals surface area contributed by atoms with Gasteiger partial charge in [-0.1, -0.05) is 6.92 Å². The maximum Gasteiger partial charge on any atom is 0.324 e. The first-order valence-electron chi connectivity index (χ1n) is 4.90. The van der Waals surface area contributed by atoms with Crippen LogP contribution < -0.4 is 5.32 Å². The summed E-state index contributed by atoms with van der Waals surface area (Å²) < 4.78 is 1.05. The molecule has 86 valence electrons. The molecule has 1 N–H and O–H groups in total. The summed E-state index contributed by atoms with van der Waals surface area (Å²) in [5, 5.41) is 2.35. The highest BCUT2D eigenvalue weighted by Gasteiger charge is 2.29. The van der Waals surface area contributed by atoms with Crippen LogP contribution in [0.25, 0.3) is 0 Å². The Morgan fingerprint density at radius 2 is 2.31 bits per heavy atom. The van der Waals surface area contributed by atoms with Crippen molar-refractivity contribution >= 4 is 39.2 Å². The Hall–Kier alpha value is -0.880. The minimum Gasteiger partial charge on any atom is -0.319 e. The van der Waals surface area contributed by atoms with Gasteiger partial charge < -0.3 is 4.90 Å². The van der Waals surface area contributed by atoms with Crippen LogP contribution >= 0.6 is 27.3 Å². The van der Waals surface area contributed by atoms with Crippen molar-refractivity contribution < 1.29 is 9.59 Å². The van der Waals surface area contributed by atoms with Crippen molar-refractivity contribution in [2.75, 3.05) is 6.54 Å². The first-order valence-corrected chi connectivity index (χ1v) is 6.51. The van der Waals surface area contributed by atoms with E-state index in [1.807, 2.05) is 19.1 Å². The summed E-state index contributed by atoms with van der Waals surface area (Å²) in [5.74, 6) is -0.324. The predicted molar refractivity (Wildman–Crippen MR) is 65.1 cm³/mol. The van der Waals surface area contributed by atoms with Gasteiger partial charge in [0.1, 0.15) is 0 Å². The van der Waals surface area contributed by atoms with Crippen LogP contribution in [0.1, 0.15) is 11.8 Å². The number of imide groups is 1. The maximum atomic E-state index is 11.5. The number of nitrogens with zero attached hydrogens (tertiary/aromatic N) is 1. The minimum atomic E-state index is -0.298. The van der Waals surface area contributed by atoms with Crippen LogP contribution in [0, 0.1) is 5.92 Å². The van der Waals surface area contributed by atoms with E-state index in [-0.39, 0.29) is 17.9 Å². The van der Waals surface area contributed by atoms with Gasteiger partial charge in [0.25, 0.3) is 0 Å². The summed E-state index contributed by atoms with van der Waals surface area (Å²) in [5.41, 5.74) is 0. The van der Waals surface area contributed by atoms with Gasteiger partial charge in [-0.05, 0) is 28.1 Å². The molecule has 3 amide bonds. The topological polar surface area (TPSA) is 49.4 Å². The summed E-state index contributed by atoms with van der Waals surface area (Å²) >= 11 is 4.97.